The fraction of sp³-hybridized carbons (Fsp3) is 0.188. The van der Waals surface area contributed by atoms with E-state index in [0.29, 0.717) is 11.4 Å². The average molecular weight is 286 g/mol. The van der Waals surface area contributed by atoms with E-state index in [2.05, 4.69) is 5.32 Å². The summed E-state index contributed by atoms with van der Waals surface area (Å²) in [5.41, 5.74) is 1.43. The van der Waals surface area contributed by atoms with Crippen molar-refractivity contribution in [2.75, 3.05) is 12.4 Å². The van der Waals surface area contributed by atoms with Crippen molar-refractivity contribution in [2.24, 2.45) is 0 Å². The van der Waals surface area contributed by atoms with Crippen LogP contribution in [0.15, 0.2) is 36.4 Å². The highest BCUT2D eigenvalue weighted by molar-refractivity contribution is 5.51. The van der Waals surface area contributed by atoms with Crippen molar-refractivity contribution < 1.29 is 14.2 Å². The zero-order valence-corrected chi connectivity index (χ0v) is 11.7. The Bertz CT molecular complexity index is 695. The summed E-state index contributed by atoms with van der Waals surface area (Å²) in [5.74, 6) is -0.0638. The summed E-state index contributed by atoms with van der Waals surface area (Å²) in [6.45, 7) is 1.86. The maximum Gasteiger partial charge on any atom is 0.160 e. The SMILES string of the molecule is COc1cc(C(C)Nc2ccc(C#N)cc2F)ccc1O. The lowest BCUT2D eigenvalue weighted by atomic mass is 10.1. The summed E-state index contributed by atoms with van der Waals surface area (Å²) in [6.07, 6.45) is 0. The van der Waals surface area contributed by atoms with Gasteiger partial charge in [0.2, 0.25) is 0 Å². The first-order valence-corrected chi connectivity index (χ1v) is 6.38. The summed E-state index contributed by atoms with van der Waals surface area (Å²) in [7, 11) is 1.47. The third-order valence-electron chi connectivity index (χ3n) is 3.17. The number of phenols is 1. The maximum absolute atomic E-state index is 13.8. The number of benzene rings is 2. The van der Waals surface area contributed by atoms with Gasteiger partial charge in [0.25, 0.3) is 0 Å². The molecule has 2 aromatic rings. The van der Waals surface area contributed by atoms with E-state index in [4.69, 9.17) is 10.00 Å². The third-order valence-corrected chi connectivity index (χ3v) is 3.17. The molecule has 0 saturated carbocycles. The van der Waals surface area contributed by atoms with E-state index in [9.17, 15) is 9.50 Å². The van der Waals surface area contributed by atoms with Gasteiger partial charge in [0.1, 0.15) is 5.82 Å². The first-order chi connectivity index (χ1) is 10.0. The van der Waals surface area contributed by atoms with Gasteiger partial charge in [0.05, 0.1) is 24.4 Å². The lowest BCUT2D eigenvalue weighted by Crippen LogP contribution is -2.08. The number of methoxy groups -OCH3 is 1. The Hall–Kier alpha value is -2.74. The van der Waals surface area contributed by atoms with E-state index in [-0.39, 0.29) is 17.4 Å². The van der Waals surface area contributed by atoms with Crippen LogP contribution < -0.4 is 10.1 Å². The van der Waals surface area contributed by atoms with Crippen molar-refractivity contribution >= 4 is 5.69 Å². The molecule has 2 aromatic carbocycles. The van der Waals surface area contributed by atoms with Crippen LogP contribution in [-0.4, -0.2) is 12.2 Å². The number of hydrogen-bond acceptors (Lipinski definition) is 4. The molecular formula is C16H15FN2O2. The lowest BCUT2D eigenvalue weighted by Gasteiger charge is -2.17. The molecule has 2 rings (SSSR count). The van der Waals surface area contributed by atoms with Crippen LogP contribution in [0.4, 0.5) is 10.1 Å². The first-order valence-electron chi connectivity index (χ1n) is 6.38. The van der Waals surface area contributed by atoms with Gasteiger partial charge >= 0.3 is 0 Å². The standard InChI is InChI=1S/C16H15FN2O2/c1-10(12-4-6-15(20)16(8-12)21-2)19-14-5-3-11(9-18)7-13(14)17/h3-8,10,19-20H,1-2H3. The second-order valence-corrected chi connectivity index (χ2v) is 4.60. The molecule has 1 atom stereocenters. The lowest BCUT2D eigenvalue weighted by molar-refractivity contribution is 0.373. The van der Waals surface area contributed by atoms with E-state index in [1.54, 1.807) is 18.2 Å². The Kier molecular flexibility index (Phi) is 4.29. The zero-order chi connectivity index (χ0) is 15.4. The molecule has 0 aromatic heterocycles. The number of nitrogens with one attached hydrogen (secondary N) is 1. The van der Waals surface area contributed by atoms with Crippen LogP contribution in [0.5, 0.6) is 11.5 Å². The van der Waals surface area contributed by atoms with Crippen molar-refractivity contribution in [2.45, 2.75) is 13.0 Å². The molecule has 21 heavy (non-hydrogen) atoms. The van der Waals surface area contributed by atoms with E-state index >= 15 is 0 Å². The summed E-state index contributed by atoms with van der Waals surface area (Å²) >= 11 is 0. The summed E-state index contributed by atoms with van der Waals surface area (Å²) in [6, 6.07) is 10.9. The molecule has 0 fully saturated rings. The molecule has 0 aliphatic heterocycles. The van der Waals surface area contributed by atoms with Crippen molar-refractivity contribution in [1.29, 1.82) is 5.26 Å². The monoisotopic (exact) mass is 286 g/mol. The molecule has 0 aliphatic carbocycles. The van der Waals surface area contributed by atoms with Crippen molar-refractivity contribution in [3.05, 3.63) is 53.3 Å². The molecule has 0 aliphatic rings. The number of nitriles is 1. The molecule has 0 saturated heterocycles. The van der Waals surface area contributed by atoms with Crippen LogP contribution in [0.25, 0.3) is 0 Å². The molecule has 0 heterocycles. The minimum absolute atomic E-state index is 0.0537. The maximum atomic E-state index is 13.8. The molecule has 2 N–H and O–H groups in total. The molecule has 4 nitrogen and oxygen atoms in total. The molecule has 0 amide bonds. The molecule has 108 valence electrons. The molecule has 5 heteroatoms. The van der Waals surface area contributed by atoms with Crippen LogP contribution in [0.1, 0.15) is 24.1 Å². The Morgan fingerprint density at radius 1 is 1.29 bits per heavy atom. The van der Waals surface area contributed by atoms with Gasteiger partial charge in [-0.2, -0.15) is 5.26 Å². The highest BCUT2D eigenvalue weighted by Gasteiger charge is 2.11. The van der Waals surface area contributed by atoms with Gasteiger partial charge in [-0.1, -0.05) is 6.07 Å². The molecular weight excluding hydrogens is 271 g/mol. The molecule has 1 unspecified atom stereocenters. The predicted octanol–water partition coefficient (Wildman–Crippen LogP) is 3.58. The van der Waals surface area contributed by atoms with Gasteiger partial charge in [0, 0.05) is 6.04 Å². The Morgan fingerprint density at radius 3 is 2.67 bits per heavy atom. The van der Waals surface area contributed by atoms with E-state index < -0.39 is 5.82 Å². The van der Waals surface area contributed by atoms with Crippen molar-refractivity contribution in [3.63, 3.8) is 0 Å². The van der Waals surface area contributed by atoms with Gasteiger partial charge < -0.3 is 15.2 Å². The van der Waals surface area contributed by atoms with Crippen LogP contribution in [0.3, 0.4) is 0 Å². The first kappa shape index (κ1) is 14.7. The highest BCUT2D eigenvalue weighted by Crippen LogP contribution is 2.30. The van der Waals surface area contributed by atoms with E-state index in [0.717, 1.165) is 5.56 Å². The van der Waals surface area contributed by atoms with Gasteiger partial charge in [-0.05, 0) is 42.8 Å². The Labute approximate surface area is 122 Å². The molecule has 0 spiro atoms. The normalized spacial score (nSPS) is 11.5. The van der Waals surface area contributed by atoms with E-state index in [1.165, 1.54) is 25.3 Å². The van der Waals surface area contributed by atoms with Crippen LogP contribution in [-0.2, 0) is 0 Å². The summed E-state index contributed by atoms with van der Waals surface area (Å²) < 4.78 is 18.9. The quantitative estimate of drug-likeness (QED) is 0.901. The van der Waals surface area contributed by atoms with Crippen LogP contribution >= 0.6 is 0 Å². The average Bonchev–Trinajstić information content (AvgIpc) is 2.49. The van der Waals surface area contributed by atoms with Crippen molar-refractivity contribution in [3.8, 4) is 17.6 Å². The molecule has 0 bridgehead atoms. The number of anilines is 1. The number of phenolic OH excluding ortho intramolecular Hbond substituents is 1. The second kappa shape index (κ2) is 6.14. The van der Waals surface area contributed by atoms with Crippen LogP contribution in [0, 0.1) is 17.1 Å². The van der Waals surface area contributed by atoms with Gasteiger partial charge in [-0.3, -0.25) is 0 Å². The zero-order valence-electron chi connectivity index (χ0n) is 11.7. The van der Waals surface area contributed by atoms with Crippen LogP contribution in [0.2, 0.25) is 0 Å². The minimum atomic E-state index is -0.480. The Balaban J connectivity index is 2.22. The number of halogens is 1. The summed E-state index contributed by atoms with van der Waals surface area (Å²) in [4.78, 5) is 0. The van der Waals surface area contributed by atoms with Crippen molar-refractivity contribution in [1.82, 2.24) is 0 Å². The second-order valence-electron chi connectivity index (χ2n) is 4.60. The highest BCUT2D eigenvalue weighted by atomic mass is 19.1. The molecule has 0 radical (unpaired) electrons. The van der Waals surface area contributed by atoms with Gasteiger partial charge in [-0.25, -0.2) is 4.39 Å². The number of nitrogens with zero attached hydrogens (tertiary/aromatic N) is 1. The van der Waals surface area contributed by atoms with Gasteiger partial charge in [-0.15, -0.1) is 0 Å². The van der Waals surface area contributed by atoms with Gasteiger partial charge in [0.15, 0.2) is 11.5 Å². The van der Waals surface area contributed by atoms with E-state index in [1.807, 2.05) is 13.0 Å². The minimum Gasteiger partial charge on any atom is -0.504 e. The smallest absolute Gasteiger partial charge is 0.160 e. The number of ether oxygens (including phenoxy) is 1. The topological polar surface area (TPSA) is 65.3 Å². The summed E-state index contributed by atoms with van der Waals surface area (Å²) in [5, 5.41) is 21.3. The number of aromatic hydroxyl groups is 1. The largest absolute Gasteiger partial charge is 0.504 e. The predicted molar refractivity (Wildman–Crippen MR) is 77.8 cm³/mol. The Morgan fingerprint density at radius 2 is 2.05 bits per heavy atom. The fourth-order valence-electron chi connectivity index (χ4n) is 1.98. The number of rotatable bonds is 4. The number of hydrogen-bond donors (Lipinski definition) is 2. The fourth-order valence-corrected chi connectivity index (χ4v) is 1.98. The third kappa shape index (κ3) is 3.23.